The minimum Gasteiger partial charge on any atom is -0.381 e. The Balaban J connectivity index is 2.00. The maximum atomic E-state index is 11.6. The highest BCUT2D eigenvalue weighted by atomic mass is 79.9. The average Bonchev–Trinajstić information content (AvgIpc) is 2.82. The maximum Gasteiger partial charge on any atom is 0.282 e. The molecular formula is C9H11BrN6O. The first-order valence-electron chi connectivity index (χ1n) is 4.98. The van der Waals surface area contributed by atoms with E-state index < -0.39 is 0 Å². The first-order valence-corrected chi connectivity index (χ1v) is 5.77. The molecule has 0 aromatic carbocycles. The Bertz CT molecular complexity index is 549. The average molecular weight is 299 g/mol. The van der Waals surface area contributed by atoms with Crippen LogP contribution in [0.5, 0.6) is 0 Å². The van der Waals surface area contributed by atoms with Gasteiger partial charge in [0, 0.05) is 19.8 Å². The summed E-state index contributed by atoms with van der Waals surface area (Å²) in [7, 11) is 1.60. The van der Waals surface area contributed by atoms with Crippen molar-refractivity contribution in [2.75, 3.05) is 11.9 Å². The van der Waals surface area contributed by atoms with E-state index in [0.29, 0.717) is 23.2 Å². The number of nitrogens with one attached hydrogen (secondary N) is 1. The van der Waals surface area contributed by atoms with Crippen molar-refractivity contribution in [3.05, 3.63) is 33.4 Å². The lowest BCUT2D eigenvalue weighted by Gasteiger charge is -2.08. The maximum absolute atomic E-state index is 11.6. The molecule has 0 atom stereocenters. The fraction of sp³-hybridized carbons (Fsp3) is 0.333. The Labute approximate surface area is 106 Å². The van der Waals surface area contributed by atoms with Crippen molar-refractivity contribution in [1.29, 1.82) is 0 Å². The summed E-state index contributed by atoms with van der Waals surface area (Å²) in [6.07, 6.45) is 5.00. The Hall–Kier alpha value is -1.70. The van der Waals surface area contributed by atoms with Gasteiger partial charge in [-0.2, -0.15) is 5.10 Å². The van der Waals surface area contributed by atoms with Crippen LogP contribution in [-0.4, -0.2) is 31.3 Å². The second-order valence-corrected chi connectivity index (χ2v) is 4.19. The normalized spacial score (nSPS) is 10.5. The molecule has 0 aliphatic carbocycles. The molecule has 2 rings (SSSR count). The van der Waals surface area contributed by atoms with Gasteiger partial charge in [0.05, 0.1) is 24.6 Å². The number of aromatic nitrogens is 5. The highest BCUT2D eigenvalue weighted by Gasteiger charge is 2.05. The van der Waals surface area contributed by atoms with Gasteiger partial charge in [-0.3, -0.25) is 9.48 Å². The number of nitrogens with zero attached hydrogens (tertiary/aromatic N) is 5. The zero-order valence-corrected chi connectivity index (χ0v) is 10.8. The van der Waals surface area contributed by atoms with E-state index in [1.54, 1.807) is 30.3 Å². The number of hydrogen-bond donors (Lipinski definition) is 1. The van der Waals surface area contributed by atoms with Crippen LogP contribution in [0.4, 0.5) is 5.69 Å². The van der Waals surface area contributed by atoms with Gasteiger partial charge in [-0.15, -0.1) is 5.10 Å². The molecule has 0 aliphatic heterocycles. The summed E-state index contributed by atoms with van der Waals surface area (Å²) in [6, 6.07) is 0. The molecule has 0 aliphatic rings. The molecule has 0 fully saturated rings. The topological polar surface area (TPSA) is 77.6 Å². The second-order valence-electron chi connectivity index (χ2n) is 3.39. The molecule has 2 aromatic heterocycles. The van der Waals surface area contributed by atoms with Crippen molar-refractivity contribution in [2.24, 2.45) is 7.05 Å². The SMILES string of the molecule is Cn1ncc(NCCn2ccnn2)c(Br)c1=O. The lowest BCUT2D eigenvalue weighted by atomic mass is 10.4. The van der Waals surface area contributed by atoms with Crippen LogP contribution in [0.2, 0.25) is 0 Å². The predicted octanol–water partition coefficient (Wildman–Crippen LogP) is 0.246. The van der Waals surface area contributed by atoms with Gasteiger partial charge in [0.2, 0.25) is 0 Å². The zero-order chi connectivity index (χ0) is 12.3. The van der Waals surface area contributed by atoms with Crippen molar-refractivity contribution in [2.45, 2.75) is 6.54 Å². The monoisotopic (exact) mass is 298 g/mol. The molecule has 7 nitrogen and oxygen atoms in total. The molecular weight excluding hydrogens is 288 g/mol. The van der Waals surface area contributed by atoms with Crippen LogP contribution in [0.3, 0.4) is 0 Å². The van der Waals surface area contributed by atoms with Crippen LogP contribution in [0.25, 0.3) is 0 Å². The fourth-order valence-corrected chi connectivity index (χ4v) is 1.79. The molecule has 2 aromatic rings. The lowest BCUT2D eigenvalue weighted by Crippen LogP contribution is -2.22. The van der Waals surface area contributed by atoms with E-state index in [9.17, 15) is 4.79 Å². The first kappa shape index (κ1) is 11.8. The summed E-state index contributed by atoms with van der Waals surface area (Å²) in [5, 5.41) is 14.6. The van der Waals surface area contributed by atoms with Gasteiger partial charge >= 0.3 is 0 Å². The van der Waals surface area contributed by atoms with Crippen molar-refractivity contribution < 1.29 is 0 Å². The Morgan fingerprint density at radius 2 is 2.35 bits per heavy atom. The van der Waals surface area contributed by atoms with Crippen LogP contribution in [-0.2, 0) is 13.6 Å². The Morgan fingerprint density at radius 3 is 3.06 bits per heavy atom. The summed E-state index contributed by atoms with van der Waals surface area (Å²) in [5.41, 5.74) is 0.504. The predicted molar refractivity (Wildman–Crippen MR) is 65.7 cm³/mol. The van der Waals surface area contributed by atoms with Crippen molar-refractivity contribution >= 4 is 21.6 Å². The van der Waals surface area contributed by atoms with Gasteiger partial charge < -0.3 is 5.32 Å². The van der Waals surface area contributed by atoms with Gasteiger partial charge in [-0.25, -0.2) is 4.68 Å². The van der Waals surface area contributed by atoms with E-state index in [1.165, 1.54) is 4.68 Å². The van der Waals surface area contributed by atoms with E-state index >= 15 is 0 Å². The summed E-state index contributed by atoms with van der Waals surface area (Å²) >= 11 is 3.24. The molecule has 0 amide bonds. The third-order valence-electron chi connectivity index (χ3n) is 2.21. The molecule has 0 unspecified atom stereocenters. The molecule has 0 spiro atoms. The molecule has 0 bridgehead atoms. The van der Waals surface area contributed by atoms with E-state index in [1.807, 2.05) is 0 Å². The quantitative estimate of drug-likeness (QED) is 0.875. The largest absolute Gasteiger partial charge is 0.381 e. The lowest BCUT2D eigenvalue weighted by molar-refractivity contribution is 0.608. The molecule has 17 heavy (non-hydrogen) atoms. The first-order chi connectivity index (χ1) is 8.18. The van der Waals surface area contributed by atoms with Crippen LogP contribution in [0.1, 0.15) is 0 Å². The summed E-state index contributed by atoms with van der Waals surface area (Å²) in [6.45, 7) is 1.30. The highest BCUT2D eigenvalue weighted by Crippen LogP contribution is 2.15. The van der Waals surface area contributed by atoms with Gasteiger partial charge in [-0.05, 0) is 15.9 Å². The highest BCUT2D eigenvalue weighted by molar-refractivity contribution is 9.10. The van der Waals surface area contributed by atoms with Crippen LogP contribution < -0.4 is 10.9 Å². The standard InChI is InChI=1S/C9H11BrN6O/c1-15-9(17)8(10)7(6-13-15)11-2-4-16-5-3-12-14-16/h3,5-6,11H,2,4H2,1H3. The molecule has 90 valence electrons. The summed E-state index contributed by atoms with van der Waals surface area (Å²) < 4.78 is 3.45. The second kappa shape index (κ2) is 5.09. The summed E-state index contributed by atoms with van der Waals surface area (Å²) in [5.74, 6) is 0. The Kier molecular flexibility index (Phi) is 3.52. The van der Waals surface area contributed by atoms with E-state index in [-0.39, 0.29) is 5.56 Å². The number of halogens is 1. The van der Waals surface area contributed by atoms with Crippen LogP contribution in [0.15, 0.2) is 27.9 Å². The smallest absolute Gasteiger partial charge is 0.282 e. The summed E-state index contributed by atoms with van der Waals surface area (Å²) in [4.78, 5) is 11.6. The van der Waals surface area contributed by atoms with Gasteiger partial charge in [0.1, 0.15) is 4.47 Å². The van der Waals surface area contributed by atoms with Crippen LogP contribution >= 0.6 is 15.9 Å². The number of rotatable bonds is 4. The molecule has 0 saturated carbocycles. The number of aryl methyl sites for hydroxylation is 1. The number of hydrogen-bond acceptors (Lipinski definition) is 5. The molecule has 8 heteroatoms. The molecule has 1 N–H and O–H groups in total. The van der Waals surface area contributed by atoms with Gasteiger partial charge in [0.15, 0.2) is 0 Å². The molecule has 0 radical (unpaired) electrons. The third kappa shape index (κ3) is 2.70. The van der Waals surface area contributed by atoms with Crippen molar-refractivity contribution in [1.82, 2.24) is 24.8 Å². The van der Waals surface area contributed by atoms with Gasteiger partial charge in [0.25, 0.3) is 5.56 Å². The van der Waals surface area contributed by atoms with Crippen LogP contribution in [0, 0.1) is 0 Å². The van der Waals surface area contributed by atoms with Crippen molar-refractivity contribution in [3.63, 3.8) is 0 Å². The zero-order valence-electron chi connectivity index (χ0n) is 9.17. The number of anilines is 1. The Morgan fingerprint density at radius 1 is 1.53 bits per heavy atom. The van der Waals surface area contributed by atoms with E-state index in [4.69, 9.17) is 0 Å². The fourth-order valence-electron chi connectivity index (χ4n) is 1.29. The third-order valence-corrected chi connectivity index (χ3v) is 2.97. The van der Waals surface area contributed by atoms with E-state index in [2.05, 4.69) is 36.7 Å². The molecule has 2 heterocycles. The molecule has 0 saturated heterocycles. The minimum absolute atomic E-state index is 0.171. The van der Waals surface area contributed by atoms with E-state index in [0.717, 1.165) is 0 Å². The van der Waals surface area contributed by atoms with Crippen molar-refractivity contribution in [3.8, 4) is 0 Å². The van der Waals surface area contributed by atoms with Gasteiger partial charge in [-0.1, -0.05) is 5.21 Å². The minimum atomic E-state index is -0.171.